The van der Waals surface area contributed by atoms with Gasteiger partial charge in [-0.3, -0.25) is 4.79 Å². The first kappa shape index (κ1) is 14.6. The predicted octanol–water partition coefficient (Wildman–Crippen LogP) is 2.68. The molecule has 0 aliphatic heterocycles. The van der Waals surface area contributed by atoms with E-state index in [1.54, 1.807) is 25.9 Å². The van der Waals surface area contributed by atoms with Crippen molar-refractivity contribution in [2.75, 3.05) is 14.1 Å². The smallest absolute Gasteiger partial charge is 0.308 e. The van der Waals surface area contributed by atoms with Gasteiger partial charge in [-0.2, -0.15) is 0 Å². The summed E-state index contributed by atoms with van der Waals surface area (Å²) >= 11 is 0. The summed E-state index contributed by atoms with van der Waals surface area (Å²) in [5.41, 5.74) is 0.0780. The number of hydrogen-bond donors (Lipinski definition) is 1. The SMILES string of the molecule is CCC(C(=O)O)C(c1cc(F)ccc1F)N(C)C. The molecule has 0 aliphatic rings. The van der Waals surface area contributed by atoms with E-state index in [9.17, 15) is 18.7 Å². The van der Waals surface area contributed by atoms with E-state index in [0.29, 0.717) is 6.42 Å². The molecule has 2 atom stereocenters. The van der Waals surface area contributed by atoms with Crippen LogP contribution in [0.4, 0.5) is 8.78 Å². The highest BCUT2D eigenvalue weighted by Gasteiger charge is 2.31. The molecule has 0 heterocycles. The Bertz CT molecular complexity index is 435. The lowest BCUT2D eigenvalue weighted by Crippen LogP contribution is -2.32. The van der Waals surface area contributed by atoms with E-state index in [0.717, 1.165) is 18.2 Å². The number of nitrogens with zero attached hydrogens (tertiary/aromatic N) is 1. The fraction of sp³-hybridized carbons (Fsp3) is 0.462. The lowest BCUT2D eigenvalue weighted by atomic mass is 9.89. The fourth-order valence-corrected chi connectivity index (χ4v) is 2.13. The first-order valence-corrected chi connectivity index (χ1v) is 5.72. The third kappa shape index (κ3) is 3.04. The van der Waals surface area contributed by atoms with E-state index in [1.807, 2.05) is 0 Å². The number of carbonyl (C=O) groups is 1. The van der Waals surface area contributed by atoms with Gasteiger partial charge in [0, 0.05) is 5.56 Å². The van der Waals surface area contributed by atoms with Crippen LogP contribution in [0.1, 0.15) is 24.9 Å². The van der Waals surface area contributed by atoms with Crippen molar-refractivity contribution in [3.05, 3.63) is 35.4 Å². The zero-order valence-corrected chi connectivity index (χ0v) is 10.7. The van der Waals surface area contributed by atoms with Crippen LogP contribution in [-0.2, 0) is 4.79 Å². The van der Waals surface area contributed by atoms with Gasteiger partial charge in [-0.15, -0.1) is 0 Å². The molecular weight excluding hydrogens is 240 g/mol. The quantitative estimate of drug-likeness (QED) is 0.881. The second-order valence-electron chi connectivity index (χ2n) is 4.43. The topological polar surface area (TPSA) is 40.5 Å². The Morgan fingerprint density at radius 1 is 1.39 bits per heavy atom. The highest BCUT2D eigenvalue weighted by Crippen LogP contribution is 2.31. The lowest BCUT2D eigenvalue weighted by Gasteiger charge is -2.30. The van der Waals surface area contributed by atoms with Gasteiger partial charge >= 0.3 is 5.97 Å². The molecule has 0 fully saturated rings. The summed E-state index contributed by atoms with van der Waals surface area (Å²) in [6.07, 6.45) is 0.341. The Kier molecular flexibility index (Phi) is 4.78. The molecule has 0 amide bonds. The summed E-state index contributed by atoms with van der Waals surface area (Å²) in [5, 5.41) is 9.17. The van der Waals surface area contributed by atoms with Gasteiger partial charge in [0.15, 0.2) is 0 Å². The summed E-state index contributed by atoms with van der Waals surface area (Å²) < 4.78 is 27.0. The lowest BCUT2D eigenvalue weighted by molar-refractivity contribution is -0.144. The standard InChI is InChI=1S/C13H17F2NO2/c1-4-9(13(17)18)12(16(2)3)10-7-8(14)5-6-11(10)15/h5-7,9,12H,4H2,1-3H3,(H,17,18). The summed E-state index contributed by atoms with van der Waals surface area (Å²) in [7, 11) is 3.31. The van der Waals surface area contributed by atoms with Gasteiger partial charge in [0.1, 0.15) is 11.6 Å². The van der Waals surface area contributed by atoms with E-state index in [4.69, 9.17) is 0 Å². The van der Waals surface area contributed by atoms with Gasteiger partial charge in [0.05, 0.1) is 12.0 Å². The van der Waals surface area contributed by atoms with Gasteiger partial charge in [0.2, 0.25) is 0 Å². The maximum Gasteiger partial charge on any atom is 0.308 e. The van der Waals surface area contributed by atoms with Crippen LogP contribution in [-0.4, -0.2) is 30.1 Å². The third-order valence-corrected chi connectivity index (χ3v) is 2.97. The fourth-order valence-electron chi connectivity index (χ4n) is 2.13. The molecule has 1 aromatic carbocycles. The van der Waals surface area contributed by atoms with Crippen LogP contribution in [0, 0.1) is 17.6 Å². The maximum absolute atomic E-state index is 13.8. The van der Waals surface area contributed by atoms with Crippen molar-refractivity contribution < 1.29 is 18.7 Å². The van der Waals surface area contributed by atoms with E-state index < -0.39 is 29.6 Å². The number of hydrogen-bond acceptors (Lipinski definition) is 2. The number of benzene rings is 1. The summed E-state index contributed by atoms with van der Waals surface area (Å²) in [6.45, 7) is 1.71. The predicted molar refractivity (Wildman–Crippen MR) is 64.2 cm³/mol. The average molecular weight is 257 g/mol. The molecule has 0 saturated heterocycles. The Balaban J connectivity index is 3.27. The molecule has 2 unspecified atom stereocenters. The van der Waals surface area contributed by atoms with Crippen LogP contribution in [0.15, 0.2) is 18.2 Å². The molecule has 0 saturated carbocycles. The normalized spacial score (nSPS) is 14.6. The van der Waals surface area contributed by atoms with Crippen LogP contribution in [0.5, 0.6) is 0 Å². The van der Waals surface area contributed by atoms with E-state index in [1.165, 1.54) is 0 Å². The summed E-state index contributed by atoms with van der Waals surface area (Å²) in [5.74, 6) is -2.95. The zero-order valence-electron chi connectivity index (χ0n) is 10.7. The number of carboxylic acid groups (broad SMARTS) is 1. The molecular formula is C13H17F2NO2. The minimum Gasteiger partial charge on any atom is -0.481 e. The molecule has 1 rings (SSSR count). The highest BCUT2D eigenvalue weighted by atomic mass is 19.1. The third-order valence-electron chi connectivity index (χ3n) is 2.97. The van der Waals surface area contributed by atoms with Crippen molar-refractivity contribution in [2.45, 2.75) is 19.4 Å². The van der Waals surface area contributed by atoms with E-state index in [-0.39, 0.29) is 5.56 Å². The molecule has 0 aliphatic carbocycles. The molecule has 0 bridgehead atoms. The number of carboxylic acids is 1. The van der Waals surface area contributed by atoms with Crippen molar-refractivity contribution in [1.29, 1.82) is 0 Å². The van der Waals surface area contributed by atoms with Crippen molar-refractivity contribution >= 4 is 5.97 Å². The van der Waals surface area contributed by atoms with Crippen molar-refractivity contribution in [1.82, 2.24) is 4.90 Å². The molecule has 5 heteroatoms. The summed E-state index contributed by atoms with van der Waals surface area (Å²) in [6, 6.07) is 2.41. The molecule has 1 N–H and O–H groups in total. The second-order valence-corrected chi connectivity index (χ2v) is 4.43. The van der Waals surface area contributed by atoms with Gasteiger partial charge in [-0.05, 0) is 38.7 Å². The molecule has 0 radical (unpaired) electrons. The molecule has 100 valence electrons. The summed E-state index contributed by atoms with van der Waals surface area (Å²) in [4.78, 5) is 12.8. The van der Waals surface area contributed by atoms with Crippen LogP contribution >= 0.6 is 0 Å². The second kappa shape index (κ2) is 5.91. The van der Waals surface area contributed by atoms with Crippen LogP contribution in [0.3, 0.4) is 0 Å². The van der Waals surface area contributed by atoms with Crippen molar-refractivity contribution in [3.63, 3.8) is 0 Å². The Morgan fingerprint density at radius 2 is 2.00 bits per heavy atom. The Morgan fingerprint density at radius 3 is 2.44 bits per heavy atom. The molecule has 0 aromatic heterocycles. The maximum atomic E-state index is 13.8. The minimum atomic E-state index is -1.01. The monoisotopic (exact) mass is 257 g/mol. The largest absolute Gasteiger partial charge is 0.481 e. The molecule has 0 spiro atoms. The highest BCUT2D eigenvalue weighted by molar-refractivity contribution is 5.71. The van der Waals surface area contributed by atoms with Crippen LogP contribution < -0.4 is 0 Å². The number of rotatable bonds is 5. The van der Waals surface area contributed by atoms with Crippen molar-refractivity contribution in [2.24, 2.45) is 5.92 Å². The molecule has 18 heavy (non-hydrogen) atoms. The van der Waals surface area contributed by atoms with Crippen molar-refractivity contribution in [3.8, 4) is 0 Å². The molecule has 3 nitrogen and oxygen atoms in total. The zero-order chi connectivity index (χ0) is 13.9. The Hall–Kier alpha value is -1.49. The minimum absolute atomic E-state index is 0.0780. The van der Waals surface area contributed by atoms with Gasteiger partial charge in [-0.25, -0.2) is 8.78 Å². The van der Waals surface area contributed by atoms with E-state index >= 15 is 0 Å². The Labute approximate surface area is 105 Å². The van der Waals surface area contributed by atoms with Gasteiger partial charge in [0.25, 0.3) is 0 Å². The van der Waals surface area contributed by atoms with Gasteiger partial charge < -0.3 is 10.0 Å². The molecule has 1 aromatic rings. The average Bonchev–Trinajstić information content (AvgIpc) is 2.28. The van der Waals surface area contributed by atoms with Gasteiger partial charge in [-0.1, -0.05) is 6.92 Å². The number of aliphatic carboxylic acids is 1. The first-order chi connectivity index (χ1) is 8.38. The number of halogens is 2. The van der Waals surface area contributed by atoms with Crippen LogP contribution in [0.25, 0.3) is 0 Å². The van der Waals surface area contributed by atoms with Crippen LogP contribution in [0.2, 0.25) is 0 Å². The van der Waals surface area contributed by atoms with E-state index in [2.05, 4.69) is 0 Å². The first-order valence-electron chi connectivity index (χ1n) is 5.72.